The molecule has 1 aromatic carbocycles. The second kappa shape index (κ2) is 8.63. The second-order valence-corrected chi connectivity index (χ2v) is 9.55. The Balaban J connectivity index is 1.54. The first-order valence-electron chi connectivity index (χ1n) is 9.97. The molecule has 1 saturated heterocycles. The van der Waals surface area contributed by atoms with E-state index in [1.54, 1.807) is 12.4 Å². The van der Waals surface area contributed by atoms with Gasteiger partial charge in [0.2, 0.25) is 10.0 Å². The Labute approximate surface area is 176 Å². The predicted molar refractivity (Wildman–Crippen MR) is 117 cm³/mol. The van der Waals surface area contributed by atoms with Crippen molar-refractivity contribution in [2.75, 3.05) is 30.7 Å². The van der Waals surface area contributed by atoms with Gasteiger partial charge in [-0.1, -0.05) is 12.1 Å². The minimum Gasteiger partial charge on any atom is -0.373 e. The fraction of sp³-hybridized carbons (Fsp3) is 0.381. The summed E-state index contributed by atoms with van der Waals surface area (Å²) in [7, 11) is -3.40. The Kier molecular flexibility index (Phi) is 5.94. The molecule has 9 heteroatoms. The van der Waals surface area contributed by atoms with Crippen molar-refractivity contribution in [2.45, 2.75) is 26.1 Å². The zero-order valence-corrected chi connectivity index (χ0v) is 17.8. The van der Waals surface area contributed by atoms with Crippen molar-refractivity contribution in [3.63, 3.8) is 0 Å². The number of benzene rings is 1. The van der Waals surface area contributed by atoms with Crippen LogP contribution in [0.25, 0.3) is 22.3 Å². The molecule has 3 heterocycles. The molecule has 1 aliphatic rings. The van der Waals surface area contributed by atoms with Crippen LogP contribution in [0.5, 0.6) is 0 Å². The first-order valence-corrected chi connectivity index (χ1v) is 11.6. The molecule has 1 fully saturated rings. The molecule has 0 amide bonds. The maximum absolute atomic E-state index is 12.8. The van der Waals surface area contributed by atoms with Gasteiger partial charge in [0.05, 0.1) is 23.5 Å². The number of aromatic nitrogens is 3. The highest BCUT2D eigenvalue weighted by atomic mass is 32.2. The van der Waals surface area contributed by atoms with Crippen LogP contribution in [0.2, 0.25) is 0 Å². The molecule has 0 unspecified atom stereocenters. The third kappa shape index (κ3) is 4.58. The van der Waals surface area contributed by atoms with Crippen molar-refractivity contribution in [3.05, 3.63) is 48.8 Å². The molecule has 1 aliphatic heterocycles. The molecule has 30 heavy (non-hydrogen) atoms. The van der Waals surface area contributed by atoms with Gasteiger partial charge in [-0.15, -0.1) is 0 Å². The van der Waals surface area contributed by atoms with Gasteiger partial charge < -0.3 is 10.1 Å². The summed E-state index contributed by atoms with van der Waals surface area (Å²) in [4.78, 5) is 13.3. The van der Waals surface area contributed by atoms with Crippen molar-refractivity contribution in [3.8, 4) is 11.4 Å². The molecule has 4 rings (SSSR count). The van der Waals surface area contributed by atoms with Crippen LogP contribution in [-0.2, 0) is 14.8 Å². The third-order valence-electron chi connectivity index (χ3n) is 4.97. The number of anilines is 1. The smallest absolute Gasteiger partial charge is 0.216 e. The summed E-state index contributed by atoms with van der Waals surface area (Å²) >= 11 is 0. The van der Waals surface area contributed by atoms with Gasteiger partial charge in [0.25, 0.3) is 0 Å². The Morgan fingerprint density at radius 1 is 1.07 bits per heavy atom. The van der Waals surface area contributed by atoms with E-state index in [2.05, 4.69) is 20.3 Å². The fourth-order valence-corrected chi connectivity index (χ4v) is 5.12. The van der Waals surface area contributed by atoms with Crippen LogP contribution in [0, 0.1) is 0 Å². The normalized spacial score (nSPS) is 20.3. The summed E-state index contributed by atoms with van der Waals surface area (Å²) in [5.74, 6) is 1.17. The van der Waals surface area contributed by atoms with E-state index in [0.717, 1.165) is 16.5 Å². The predicted octanol–water partition coefficient (Wildman–Crippen LogP) is 2.54. The number of ether oxygens (including phenoxy) is 1. The zero-order chi connectivity index (χ0) is 21.1. The van der Waals surface area contributed by atoms with Crippen molar-refractivity contribution in [2.24, 2.45) is 0 Å². The number of nitrogens with zero attached hydrogens (tertiary/aromatic N) is 4. The first kappa shape index (κ1) is 20.6. The average Bonchev–Trinajstić information content (AvgIpc) is 2.73. The minimum absolute atomic E-state index is 0.0185. The molecule has 0 bridgehead atoms. The summed E-state index contributed by atoms with van der Waals surface area (Å²) in [6.07, 6.45) is 3.17. The number of hydrogen-bond donors (Lipinski definition) is 1. The zero-order valence-electron chi connectivity index (χ0n) is 17.0. The Bertz CT molecular complexity index is 1110. The SMILES string of the molecule is C[C@H]1CN(S(=O)(=O)CCNc2nc(-c3ccncc3)nc3ccccc23)C[C@H](C)O1. The third-order valence-corrected chi connectivity index (χ3v) is 6.78. The van der Waals surface area contributed by atoms with Gasteiger partial charge in [0, 0.05) is 43.0 Å². The van der Waals surface area contributed by atoms with E-state index in [4.69, 9.17) is 4.74 Å². The van der Waals surface area contributed by atoms with Crippen LogP contribution in [0.15, 0.2) is 48.8 Å². The van der Waals surface area contributed by atoms with Gasteiger partial charge in [0.15, 0.2) is 5.82 Å². The van der Waals surface area contributed by atoms with Gasteiger partial charge >= 0.3 is 0 Å². The Morgan fingerprint density at radius 2 is 1.77 bits per heavy atom. The molecule has 0 aliphatic carbocycles. The average molecular weight is 428 g/mol. The van der Waals surface area contributed by atoms with Gasteiger partial charge in [0.1, 0.15) is 5.82 Å². The van der Waals surface area contributed by atoms with Crippen LogP contribution < -0.4 is 5.32 Å². The van der Waals surface area contributed by atoms with E-state index in [-0.39, 0.29) is 24.5 Å². The highest BCUT2D eigenvalue weighted by Gasteiger charge is 2.30. The Hall–Kier alpha value is -2.62. The van der Waals surface area contributed by atoms with E-state index in [1.807, 2.05) is 50.2 Å². The maximum atomic E-state index is 12.8. The van der Waals surface area contributed by atoms with Crippen LogP contribution in [0.1, 0.15) is 13.8 Å². The molecule has 0 spiro atoms. The largest absolute Gasteiger partial charge is 0.373 e. The number of morpholine rings is 1. The van der Waals surface area contributed by atoms with Gasteiger partial charge in [-0.05, 0) is 38.1 Å². The molecule has 158 valence electrons. The molecule has 0 radical (unpaired) electrons. The lowest BCUT2D eigenvalue weighted by atomic mass is 10.2. The van der Waals surface area contributed by atoms with E-state index in [1.165, 1.54) is 4.31 Å². The first-order chi connectivity index (χ1) is 14.4. The molecule has 0 saturated carbocycles. The summed E-state index contributed by atoms with van der Waals surface area (Å²) in [6.45, 7) is 4.80. The number of rotatable bonds is 6. The fourth-order valence-electron chi connectivity index (χ4n) is 3.63. The number of fused-ring (bicyclic) bond motifs is 1. The van der Waals surface area contributed by atoms with Crippen LogP contribution in [-0.4, -0.2) is 65.3 Å². The minimum atomic E-state index is -3.40. The molecule has 2 atom stereocenters. The lowest BCUT2D eigenvalue weighted by Crippen LogP contribution is -2.49. The van der Waals surface area contributed by atoms with Gasteiger partial charge in [-0.25, -0.2) is 18.4 Å². The molecule has 1 N–H and O–H groups in total. The standard InChI is InChI=1S/C21H25N5O3S/c1-15-13-26(14-16(2)29-15)30(27,28)12-11-23-21-18-5-3-4-6-19(18)24-20(25-21)17-7-9-22-10-8-17/h3-10,15-16H,11-14H2,1-2H3,(H,23,24,25)/t15-,16-/m0/s1. The van der Waals surface area contributed by atoms with Gasteiger partial charge in [-0.3, -0.25) is 4.98 Å². The molecule has 3 aromatic rings. The van der Waals surface area contributed by atoms with E-state index < -0.39 is 10.0 Å². The van der Waals surface area contributed by atoms with Crippen molar-refractivity contribution in [1.82, 2.24) is 19.3 Å². The lowest BCUT2D eigenvalue weighted by Gasteiger charge is -2.34. The molecule has 2 aromatic heterocycles. The summed E-state index contributed by atoms with van der Waals surface area (Å²) in [6, 6.07) is 11.4. The number of sulfonamides is 1. The van der Waals surface area contributed by atoms with Crippen LogP contribution in [0.4, 0.5) is 5.82 Å². The second-order valence-electron chi connectivity index (χ2n) is 7.47. The van der Waals surface area contributed by atoms with Crippen molar-refractivity contribution < 1.29 is 13.2 Å². The number of nitrogens with one attached hydrogen (secondary N) is 1. The highest BCUT2D eigenvalue weighted by Crippen LogP contribution is 2.24. The Morgan fingerprint density at radius 3 is 2.50 bits per heavy atom. The topological polar surface area (TPSA) is 97.3 Å². The quantitative estimate of drug-likeness (QED) is 0.646. The lowest BCUT2D eigenvalue weighted by molar-refractivity contribution is -0.0440. The number of pyridine rings is 1. The molecular formula is C21H25N5O3S. The monoisotopic (exact) mass is 427 g/mol. The van der Waals surface area contributed by atoms with Crippen LogP contribution in [0.3, 0.4) is 0 Å². The number of para-hydroxylation sites is 1. The van der Waals surface area contributed by atoms with E-state index >= 15 is 0 Å². The number of hydrogen-bond acceptors (Lipinski definition) is 7. The van der Waals surface area contributed by atoms with Crippen LogP contribution >= 0.6 is 0 Å². The van der Waals surface area contributed by atoms with Crippen molar-refractivity contribution in [1.29, 1.82) is 0 Å². The van der Waals surface area contributed by atoms with Gasteiger partial charge in [-0.2, -0.15) is 4.31 Å². The summed E-state index contributed by atoms with van der Waals surface area (Å²) in [5, 5.41) is 4.06. The highest BCUT2D eigenvalue weighted by molar-refractivity contribution is 7.89. The molecular weight excluding hydrogens is 402 g/mol. The summed E-state index contributed by atoms with van der Waals surface area (Å²) in [5.41, 5.74) is 1.64. The van der Waals surface area contributed by atoms with E-state index in [0.29, 0.717) is 24.7 Å². The maximum Gasteiger partial charge on any atom is 0.216 e. The van der Waals surface area contributed by atoms with Crippen molar-refractivity contribution >= 4 is 26.7 Å². The van der Waals surface area contributed by atoms with E-state index in [9.17, 15) is 8.42 Å². The molecule has 8 nitrogen and oxygen atoms in total. The summed E-state index contributed by atoms with van der Waals surface area (Å²) < 4.78 is 32.8.